The summed E-state index contributed by atoms with van der Waals surface area (Å²) >= 11 is 0. The predicted molar refractivity (Wildman–Crippen MR) is 53.5 cm³/mol. The first-order valence-corrected chi connectivity index (χ1v) is 4.27. The molecule has 0 aliphatic carbocycles. The van der Waals surface area contributed by atoms with E-state index in [1.807, 2.05) is 19.9 Å². The molecule has 0 amide bonds. The third kappa shape index (κ3) is 2.62. The number of rotatable bonds is 3. The summed E-state index contributed by atoms with van der Waals surface area (Å²) in [7, 11) is 0. The molecule has 0 heterocycles. The minimum atomic E-state index is -0.931. The summed E-state index contributed by atoms with van der Waals surface area (Å²) in [5.41, 5.74) is 0.260. The van der Waals surface area contributed by atoms with Crippen LogP contribution in [-0.4, -0.2) is 11.1 Å². The molecule has 74 valence electrons. The van der Waals surface area contributed by atoms with Gasteiger partial charge in [-0.05, 0) is 44.2 Å². The first-order chi connectivity index (χ1) is 6.63. The number of carbonyl (C=O) groups is 1. The third-order valence-electron chi connectivity index (χ3n) is 1.79. The number of ether oxygens (including phenoxy) is 1. The van der Waals surface area contributed by atoms with Crippen molar-refractivity contribution in [3.05, 3.63) is 41.7 Å². The number of hydrogen-bond donors (Lipinski definition) is 1. The van der Waals surface area contributed by atoms with E-state index in [4.69, 9.17) is 9.84 Å². The molecule has 0 fully saturated rings. The SMILES string of the molecule is C/C=C(/C)Oc1ccc(C(=O)O)cc1. The number of carboxylic acid groups (broad SMARTS) is 1. The van der Waals surface area contributed by atoms with Crippen molar-refractivity contribution in [3.8, 4) is 5.75 Å². The van der Waals surface area contributed by atoms with Crippen LogP contribution in [0.3, 0.4) is 0 Å². The highest BCUT2D eigenvalue weighted by atomic mass is 16.5. The summed E-state index contributed by atoms with van der Waals surface area (Å²) in [5.74, 6) is 0.498. The zero-order chi connectivity index (χ0) is 10.6. The van der Waals surface area contributed by atoms with Crippen molar-refractivity contribution in [1.82, 2.24) is 0 Å². The molecule has 1 aromatic rings. The van der Waals surface area contributed by atoms with Gasteiger partial charge in [-0.2, -0.15) is 0 Å². The molecule has 0 saturated carbocycles. The van der Waals surface area contributed by atoms with Gasteiger partial charge < -0.3 is 9.84 Å². The lowest BCUT2D eigenvalue weighted by atomic mass is 10.2. The molecular formula is C11H12O3. The fraction of sp³-hybridized carbons (Fsp3) is 0.182. The number of allylic oxidation sites excluding steroid dienone is 2. The lowest BCUT2D eigenvalue weighted by Gasteiger charge is -2.04. The third-order valence-corrected chi connectivity index (χ3v) is 1.79. The molecule has 0 unspecified atom stereocenters. The fourth-order valence-electron chi connectivity index (χ4n) is 0.910. The number of benzene rings is 1. The molecular weight excluding hydrogens is 180 g/mol. The van der Waals surface area contributed by atoms with Crippen LogP contribution >= 0.6 is 0 Å². The van der Waals surface area contributed by atoms with E-state index in [1.165, 1.54) is 12.1 Å². The summed E-state index contributed by atoms with van der Waals surface area (Å²) in [5, 5.41) is 8.65. The smallest absolute Gasteiger partial charge is 0.335 e. The van der Waals surface area contributed by atoms with Gasteiger partial charge in [-0.1, -0.05) is 0 Å². The van der Waals surface area contributed by atoms with E-state index in [2.05, 4.69) is 0 Å². The Morgan fingerprint density at radius 3 is 2.36 bits per heavy atom. The van der Waals surface area contributed by atoms with Gasteiger partial charge in [0.05, 0.1) is 11.3 Å². The highest BCUT2D eigenvalue weighted by Gasteiger charge is 2.01. The van der Waals surface area contributed by atoms with Gasteiger partial charge in [0.15, 0.2) is 0 Å². The molecule has 0 spiro atoms. The number of aromatic carboxylic acids is 1. The maximum atomic E-state index is 10.5. The van der Waals surface area contributed by atoms with Crippen molar-refractivity contribution in [2.45, 2.75) is 13.8 Å². The highest BCUT2D eigenvalue weighted by molar-refractivity contribution is 5.87. The molecule has 1 rings (SSSR count). The number of hydrogen-bond acceptors (Lipinski definition) is 2. The van der Waals surface area contributed by atoms with Crippen LogP contribution in [0.25, 0.3) is 0 Å². The Kier molecular flexibility index (Phi) is 3.29. The Labute approximate surface area is 82.6 Å². The van der Waals surface area contributed by atoms with Gasteiger partial charge in [-0.15, -0.1) is 0 Å². The van der Waals surface area contributed by atoms with E-state index in [9.17, 15) is 4.79 Å². The van der Waals surface area contributed by atoms with E-state index < -0.39 is 5.97 Å². The van der Waals surface area contributed by atoms with Crippen molar-refractivity contribution in [1.29, 1.82) is 0 Å². The summed E-state index contributed by atoms with van der Waals surface area (Å²) in [6.45, 7) is 3.71. The first-order valence-electron chi connectivity index (χ1n) is 4.27. The Balaban J connectivity index is 2.79. The minimum Gasteiger partial charge on any atom is -0.478 e. The predicted octanol–water partition coefficient (Wildman–Crippen LogP) is 2.69. The summed E-state index contributed by atoms with van der Waals surface area (Å²) in [6.07, 6.45) is 1.84. The van der Waals surface area contributed by atoms with Gasteiger partial charge in [0.2, 0.25) is 0 Å². The van der Waals surface area contributed by atoms with Crippen LogP contribution in [0.1, 0.15) is 24.2 Å². The summed E-state index contributed by atoms with van der Waals surface area (Å²) < 4.78 is 5.37. The normalized spacial score (nSPS) is 11.1. The topological polar surface area (TPSA) is 46.5 Å². The molecule has 1 aromatic carbocycles. The number of carboxylic acids is 1. The van der Waals surface area contributed by atoms with E-state index in [1.54, 1.807) is 12.1 Å². The van der Waals surface area contributed by atoms with E-state index in [-0.39, 0.29) is 5.56 Å². The zero-order valence-corrected chi connectivity index (χ0v) is 8.15. The second kappa shape index (κ2) is 4.46. The second-order valence-electron chi connectivity index (χ2n) is 2.83. The van der Waals surface area contributed by atoms with Gasteiger partial charge in [-0.25, -0.2) is 4.79 Å². The lowest BCUT2D eigenvalue weighted by Crippen LogP contribution is -1.96. The standard InChI is InChI=1S/C11H12O3/c1-3-8(2)14-10-6-4-9(5-7-10)11(12)13/h3-7H,1-2H3,(H,12,13)/b8-3-. The van der Waals surface area contributed by atoms with Gasteiger partial charge in [0.1, 0.15) is 5.75 Å². The molecule has 0 aromatic heterocycles. The maximum absolute atomic E-state index is 10.5. The van der Waals surface area contributed by atoms with Crippen molar-refractivity contribution >= 4 is 5.97 Å². The molecule has 1 N–H and O–H groups in total. The zero-order valence-electron chi connectivity index (χ0n) is 8.15. The molecule has 0 atom stereocenters. The van der Waals surface area contributed by atoms with Crippen LogP contribution in [0.5, 0.6) is 5.75 Å². The fourth-order valence-corrected chi connectivity index (χ4v) is 0.910. The monoisotopic (exact) mass is 192 g/mol. The maximum Gasteiger partial charge on any atom is 0.335 e. The van der Waals surface area contributed by atoms with Crippen LogP contribution < -0.4 is 4.74 Å². The second-order valence-corrected chi connectivity index (χ2v) is 2.83. The first kappa shape index (κ1) is 10.3. The van der Waals surface area contributed by atoms with E-state index >= 15 is 0 Å². The van der Waals surface area contributed by atoms with Crippen molar-refractivity contribution < 1.29 is 14.6 Å². The van der Waals surface area contributed by atoms with Gasteiger partial charge in [-0.3, -0.25) is 0 Å². The molecule has 0 bridgehead atoms. The van der Waals surface area contributed by atoms with Crippen molar-refractivity contribution in [2.75, 3.05) is 0 Å². The average Bonchev–Trinajstić information content (AvgIpc) is 2.18. The highest BCUT2D eigenvalue weighted by Crippen LogP contribution is 2.14. The van der Waals surface area contributed by atoms with E-state index in [0.29, 0.717) is 5.75 Å². The van der Waals surface area contributed by atoms with Crippen LogP contribution in [0, 0.1) is 0 Å². The Hall–Kier alpha value is -1.77. The summed E-state index contributed by atoms with van der Waals surface area (Å²) in [4.78, 5) is 10.5. The lowest BCUT2D eigenvalue weighted by molar-refractivity contribution is 0.0697. The molecule has 3 heteroatoms. The minimum absolute atomic E-state index is 0.260. The van der Waals surface area contributed by atoms with Crippen LogP contribution in [0.2, 0.25) is 0 Å². The molecule has 0 aliphatic heterocycles. The van der Waals surface area contributed by atoms with Gasteiger partial charge in [0, 0.05) is 0 Å². The van der Waals surface area contributed by atoms with Gasteiger partial charge >= 0.3 is 5.97 Å². The van der Waals surface area contributed by atoms with Gasteiger partial charge in [0.25, 0.3) is 0 Å². The largest absolute Gasteiger partial charge is 0.478 e. The van der Waals surface area contributed by atoms with E-state index in [0.717, 1.165) is 5.76 Å². The Morgan fingerprint density at radius 1 is 1.36 bits per heavy atom. The Bertz CT molecular complexity index is 349. The summed E-state index contributed by atoms with van der Waals surface area (Å²) in [6, 6.07) is 6.30. The molecule has 0 saturated heterocycles. The van der Waals surface area contributed by atoms with Crippen LogP contribution in [0.4, 0.5) is 0 Å². The molecule has 3 nitrogen and oxygen atoms in total. The van der Waals surface area contributed by atoms with Crippen LogP contribution in [0.15, 0.2) is 36.1 Å². The molecule has 0 aliphatic rings. The molecule has 14 heavy (non-hydrogen) atoms. The van der Waals surface area contributed by atoms with Crippen LogP contribution in [-0.2, 0) is 0 Å². The quantitative estimate of drug-likeness (QED) is 0.749. The van der Waals surface area contributed by atoms with Crippen molar-refractivity contribution in [3.63, 3.8) is 0 Å². The van der Waals surface area contributed by atoms with Crippen molar-refractivity contribution in [2.24, 2.45) is 0 Å². The molecule has 0 radical (unpaired) electrons. The average molecular weight is 192 g/mol. The Morgan fingerprint density at radius 2 is 1.93 bits per heavy atom.